The van der Waals surface area contributed by atoms with Crippen LogP contribution < -0.4 is 0 Å². The Hall–Kier alpha value is -1.97. The van der Waals surface area contributed by atoms with Crippen molar-refractivity contribution in [3.63, 3.8) is 0 Å². The highest BCUT2D eigenvalue weighted by Crippen LogP contribution is 2.61. The molecule has 3 heteroatoms. The van der Waals surface area contributed by atoms with Gasteiger partial charge in [0.05, 0.1) is 5.52 Å². The van der Waals surface area contributed by atoms with Gasteiger partial charge in [-0.2, -0.15) is 0 Å². The van der Waals surface area contributed by atoms with Gasteiger partial charge in [0.1, 0.15) is 0 Å². The van der Waals surface area contributed by atoms with Crippen molar-refractivity contribution in [1.82, 2.24) is 9.88 Å². The molecule has 3 atom stereocenters. The lowest BCUT2D eigenvalue weighted by atomic mass is 9.57. The zero-order chi connectivity index (χ0) is 21.0. The molecular weight excluding hydrogens is 432 g/mol. The van der Waals surface area contributed by atoms with Gasteiger partial charge in [-0.15, -0.1) is 6.58 Å². The van der Waals surface area contributed by atoms with Gasteiger partial charge >= 0.3 is 0 Å². The number of para-hydroxylation sites is 1. The van der Waals surface area contributed by atoms with E-state index in [9.17, 15) is 0 Å². The number of pyridine rings is 1. The molecule has 1 aromatic heterocycles. The molecule has 2 aromatic carbocycles. The van der Waals surface area contributed by atoms with Crippen LogP contribution >= 0.6 is 15.9 Å². The third-order valence-corrected chi connectivity index (χ3v) is 7.87. The first-order chi connectivity index (χ1) is 14.4. The summed E-state index contributed by atoms with van der Waals surface area (Å²) in [5.41, 5.74) is 7.01. The molecule has 3 aliphatic rings. The van der Waals surface area contributed by atoms with Crippen LogP contribution in [0.5, 0.6) is 0 Å². The van der Waals surface area contributed by atoms with Gasteiger partial charge in [-0.1, -0.05) is 65.7 Å². The minimum Gasteiger partial charge on any atom is -0.288 e. The molecule has 3 unspecified atom stereocenters. The summed E-state index contributed by atoms with van der Waals surface area (Å²) in [6, 6.07) is 18.4. The molecule has 154 valence electrons. The lowest BCUT2D eigenvalue weighted by Gasteiger charge is -2.60. The Morgan fingerprint density at radius 1 is 1.17 bits per heavy atom. The van der Waals surface area contributed by atoms with Gasteiger partial charge in [-0.05, 0) is 60.1 Å². The molecule has 0 amide bonds. The lowest BCUT2D eigenvalue weighted by molar-refractivity contribution is -0.0314. The van der Waals surface area contributed by atoms with E-state index >= 15 is 0 Å². The van der Waals surface area contributed by atoms with Crippen molar-refractivity contribution in [3.8, 4) is 0 Å². The summed E-state index contributed by atoms with van der Waals surface area (Å²) in [6.45, 7) is 12.3. The van der Waals surface area contributed by atoms with Crippen molar-refractivity contribution in [2.45, 2.75) is 58.2 Å². The van der Waals surface area contributed by atoms with Crippen molar-refractivity contribution in [2.24, 2.45) is 5.41 Å². The third-order valence-electron chi connectivity index (χ3n) is 7.18. The highest BCUT2D eigenvalue weighted by molar-refractivity contribution is 9.10. The summed E-state index contributed by atoms with van der Waals surface area (Å²) in [6.07, 6.45) is 4.19. The fourth-order valence-corrected chi connectivity index (χ4v) is 6.67. The predicted molar refractivity (Wildman–Crippen MR) is 129 cm³/mol. The summed E-state index contributed by atoms with van der Waals surface area (Å²) < 4.78 is 1.27. The average Bonchev–Trinajstić information content (AvgIpc) is 2.70. The number of fused-ring (bicyclic) bond motifs is 3. The Morgan fingerprint density at radius 3 is 2.77 bits per heavy atom. The van der Waals surface area contributed by atoms with Crippen molar-refractivity contribution < 1.29 is 0 Å². The Bertz CT molecular complexity index is 1130. The first-order valence-corrected chi connectivity index (χ1v) is 11.7. The Morgan fingerprint density at radius 2 is 1.97 bits per heavy atom. The number of hydrogen-bond acceptors (Lipinski definition) is 2. The van der Waals surface area contributed by atoms with Gasteiger partial charge in [-0.25, -0.2) is 0 Å². The second kappa shape index (κ2) is 7.32. The summed E-state index contributed by atoms with van der Waals surface area (Å²) in [5.74, 6) is 0.484. The van der Waals surface area contributed by atoms with Gasteiger partial charge in [-0.3, -0.25) is 9.88 Å². The fourth-order valence-electron chi connectivity index (χ4n) is 6.04. The molecule has 6 rings (SSSR count). The molecule has 1 aliphatic carbocycles. The van der Waals surface area contributed by atoms with Crippen LogP contribution in [0.1, 0.15) is 62.3 Å². The molecule has 0 N–H and O–H groups in total. The van der Waals surface area contributed by atoms with Crippen molar-refractivity contribution in [3.05, 3.63) is 88.0 Å². The Labute approximate surface area is 188 Å². The van der Waals surface area contributed by atoms with E-state index in [4.69, 9.17) is 0 Å². The highest BCUT2D eigenvalue weighted by Gasteiger charge is 2.53. The monoisotopic (exact) mass is 460 g/mol. The molecule has 1 saturated heterocycles. The van der Waals surface area contributed by atoms with Gasteiger partial charge in [0.25, 0.3) is 0 Å². The maximum absolute atomic E-state index is 4.58. The van der Waals surface area contributed by atoms with Gasteiger partial charge in [0, 0.05) is 40.6 Å². The summed E-state index contributed by atoms with van der Waals surface area (Å²) in [7, 11) is 0. The molecule has 2 aliphatic heterocycles. The maximum Gasteiger partial charge on any atom is 0.0705 e. The molecule has 0 radical (unpaired) electrons. The molecule has 0 spiro atoms. The average molecular weight is 461 g/mol. The topological polar surface area (TPSA) is 16.1 Å². The zero-order valence-corrected chi connectivity index (χ0v) is 19.6. The quantitative estimate of drug-likeness (QED) is 0.376. The number of aromatic nitrogens is 1. The van der Waals surface area contributed by atoms with E-state index < -0.39 is 0 Å². The number of hydrogen-bond donors (Lipinski definition) is 0. The fraction of sp³-hybridized carbons (Fsp3) is 0.370. The first-order valence-electron chi connectivity index (χ1n) is 10.9. The van der Waals surface area contributed by atoms with Crippen LogP contribution in [0.25, 0.3) is 10.9 Å². The highest BCUT2D eigenvalue weighted by atomic mass is 79.9. The van der Waals surface area contributed by atoms with Crippen LogP contribution in [-0.4, -0.2) is 15.9 Å². The van der Waals surface area contributed by atoms with Crippen LogP contribution in [0, 0.1) is 5.41 Å². The van der Waals surface area contributed by atoms with Crippen LogP contribution in [0.4, 0.5) is 0 Å². The number of benzene rings is 2. The second-order valence-corrected chi connectivity index (χ2v) is 10.7. The largest absolute Gasteiger partial charge is 0.288 e. The molecule has 1 fully saturated rings. The van der Waals surface area contributed by atoms with E-state index in [2.05, 4.69) is 102 Å². The van der Waals surface area contributed by atoms with Crippen molar-refractivity contribution in [1.29, 1.82) is 0 Å². The second-order valence-electron chi connectivity index (χ2n) is 9.82. The van der Waals surface area contributed by atoms with Gasteiger partial charge < -0.3 is 0 Å². The van der Waals surface area contributed by atoms with E-state index in [1.807, 2.05) is 6.20 Å². The minimum absolute atomic E-state index is 0.262. The number of halogens is 1. The molecule has 30 heavy (non-hydrogen) atoms. The number of rotatable bonds is 4. The zero-order valence-electron chi connectivity index (χ0n) is 18.0. The standard InChI is InChI=1S/C27H29BrN2/c1-17(2)14-23-26-25-20(9-7-10-21(25)28)24(15-27(26,3)4)30(23)16-18-12-13-29-22-11-6-5-8-19(18)22/h5-13,23-24,26H,1,14-16H2,2-4H3. The van der Waals surface area contributed by atoms with Gasteiger partial charge in [0.2, 0.25) is 0 Å². The smallest absolute Gasteiger partial charge is 0.0705 e. The molecule has 3 aromatic rings. The summed E-state index contributed by atoms with van der Waals surface area (Å²) >= 11 is 3.90. The van der Waals surface area contributed by atoms with E-state index in [0.717, 1.165) is 18.5 Å². The summed E-state index contributed by atoms with van der Waals surface area (Å²) in [5, 5.41) is 1.27. The molecule has 3 heterocycles. The molecule has 2 bridgehead atoms. The maximum atomic E-state index is 4.58. The predicted octanol–water partition coefficient (Wildman–Crippen LogP) is 7.40. The number of nitrogens with zero attached hydrogens (tertiary/aromatic N) is 2. The molecule has 2 nitrogen and oxygen atoms in total. The summed E-state index contributed by atoms with van der Waals surface area (Å²) in [4.78, 5) is 7.35. The van der Waals surface area contributed by atoms with Crippen LogP contribution in [0.15, 0.2) is 71.4 Å². The molecule has 0 saturated carbocycles. The molecular formula is C27H29BrN2. The van der Waals surface area contributed by atoms with Gasteiger partial charge in [0.15, 0.2) is 0 Å². The first kappa shape index (κ1) is 20.0. The Balaban J connectivity index is 1.65. The van der Waals surface area contributed by atoms with Crippen LogP contribution in [-0.2, 0) is 6.54 Å². The van der Waals surface area contributed by atoms with Crippen LogP contribution in [0.2, 0.25) is 0 Å². The van der Waals surface area contributed by atoms with E-state index in [-0.39, 0.29) is 5.41 Å². The number of piperidine rings is 1. The Kier molecular flexibility index (Phi) is 4.87. The van der Waals surface area contributed by atoms with E-state index in [1.165, 1.54) is 38.5 Å². The van der Waals surface area contributed by atoms with Crippen molar-refractivity contribution >= 4 is 26.8 Å². The van der Waals surface area contributed by atoms with E-state index in [1.54, 1.807) is 0 Å². The SMILES string of the molecule is C=C(C)CC1C2c3c(Br)cccc3C(CC2(C)C)N1Cc1ccnc2ccccc12. The van der Waals surface area contributed by atoms with E-state index in [0.29, 0.717) is 18.0 Å². The minimum atomic E-state index is 0.262. The third kappa shape index (κ3) is 3.14. The normalized spacial score (nSPS) is 24.7. The van der Waals surface area contributed by atoms with Crippen molar-refractivity contribution in [2.75, 3.05) is 0 Å². The lowest BCUT2D eigenvalue weighted by Crippen LogP contribution is -2.56. The van der Waals surface area contributed by atoms with Crippen LogP contribution in [0.3, 0.4) is 0 Å².